The third kappa shape index (κ3) is 1.83. The van der Waals surface area contributed by atoms with E-state index >= 15 is 0 Å². The van der Waals surface area contributed by atoms with Gasteiger partial charge in [-0.25, -0.2) is 4.98 Å². The van der Waals surface area contributed by atoms with Gasteiger partial charge in [0, 0.05) is 12.1 Å². The molecule has 0 bridgehead atoms. The van der Waals surface area contributed by atoms with Crippen molar-refractivity contribution >= 4 is 5.69 Å². The first kappa shape index (κ1) is 8.97. The van der Waals surface area contributed by atoms with E-state index < -0.39 is 0 Å². The Hall–Kier alpha value is -1.60. The number of rotatable bonds is 2. The van der Waals surface area contributed by atoms with Gasteiger partial charge in [-0.15, -0.1) is 0 Å². The Morgan fingerprint density at radius 2 is 2.29 bits per heavy atom. The van der Waals surface area contributed by atoms with Gasteiger partial charge in [0.1, 0.15) is 11.8 Å². The van der Waals surface area contributed by atoms with Gasteiger partial charge in [-0.1, -0.05) is 0 Å². The number of aromatic nitrogens is 1. The van der Waals surface area contributed by atoms with Gasteiger partial charge in [-0.2, -0.15) is 5.26 Å². The van der Waals surface area contributed by atoms with E-state index in [4.69, 9.17) is 11.0 Å². The highest BCUT2D eigenvalue weighted by Gasteiger charge is 2.25. The van der Waals surface area contributed by atoms with Crippen molar-refractivity contribution < 1.29 is 0 Å². The number of hydrogen-bond acceptors (Lipinski definition) is 4. The van der Waals surface area contributed by atoms with E-state index in [9.17, 15) is 0 Å². The second kappa shape index (κ2) is 3.64. The predicted octanol–water partition coefficient (Wildman–Crippen LogP) is 0.855. The first-order valence-corrected chi connectivity index (χ1v) is 4.66. The molecule has 0 radical (unpaired) electrons. The van der Waals surface area contributed by atoms with E-state index in [0.717, 1.165) is 18.5 Å². The quantitative estimate of drug-likeness (QED) is 0.721. The molecule has 0 amide bonds. The summed E-state index contributed by atoms with van der Waals surface area (Å²) in [6, 6.07) is 6.38. The van der Waals surface area contributed by atoms with Crippen molar-refractivity contribution in [3.63, 3.8) is 0 Å². The van der Waals surface area contributed by atoms with Crippen LogP contribution in [0, 0.1) is 11.3 Å². The number of nitriles is 1. The fourth-order valence-corrected chi connectivity index (χ4v) is 1.56. The van der Waals surface area contributed by atoms with Crippen LogP contribution in [-0.2, 0) is 0 Å². The molecule has 0 spiro atoms. The summed E-state index contributed by atoms with van der Waals surface area (Å²) in [7, 11) is 0. The molecule has 1 aliphatic carbocycles. The van der Waals surface area contributed by atoms with Crippen molar-refractivity contribution in [2.75, 3.05) is 5.32 Å². The molecular formula is C10H12N4. The van der Waals surface area contributed by atoms with Crippen molar-refractivity contribution in [1.29, 1.82) is 5.26 Å². The SMILES string of the molecule is N#Cc1ccc(NC2CC(N)C2)cn1. The summed E-state index contributed by atoms with van der Waals surface area (Å²) < 4.78 is 0. The van der Waals surface area contributed by atoms with Crippen LogP contribution in [0.2, 0.25) is 0 Å². The molecule has 14 heavy (non-hydrogen) atoms. The van der Waals surface area contributed by atoms with Crippen LogP contribution in [0.5, 0.6) is 0 Å². The third-order valence-corrected chi connectivity index (χ3v) is 2.42. The standard InChI is InChI=1S/C10H12N4/c11-5-8-1-2-9(6-13-8)14-10-3-7(12)4-10/h1-2,6-7,10,14H,3-4,12H2. The van der Waals surface area contributed by atoms with Crippen molar-refractivity contribution in [2.24, 2.45) is 5.73 Å². The van der Waals surface area contributed by atoms with Crippen LogP contribution in [0.15, 0.2) is 18.3 Å². The number of pyridine rings is 1. The topological polar surface area (TPSA) is 74.7 Å². The Morgan fingerprint density at radius 1 is 1.50 bits per heavy atom. The summed E-state index contributed by atoms with van der Waals surface area (Å²) in [4.78, 5) is 3.97. The van der Waals surface area contributed by atoms with Gasteiger partial charge in [-0.05, 0) is 25.0 Å². The first-order valence-electron chi connectivity index (χ1n) is 4.66. The Balaban J connectivity index is 1.94. The Bertz CT molecular complexity index is 345. The zero-order chi connectivity index (χ0) is 9.97. The molecule has 4 nitrogen and oxygen atoms in total. The van der Waals surface area contributed by atoms with Crippen LogP contribution in [0.1, 0.15) is 18.5 Å². The van der Waals surface area contributed by atoms with Crippen LogP contribution in [0.4, 0.5) is 5.69 Å². The number of nitrogens with two attached hydrogens (primary N) is 1. The molecule has 3 N–H and O–H groups in total. The van der Waals surface area contributed by atoms with Gasteiger partial charge in [0.05, 0.1) is 11.9 Å². The molecule has 0 aliphatic heterocycles. The average molecular weight is 188 g/mol. The molecule has 2 rings (SSSR count). The maximum absolute atomic E-state index is 8.55. The summed E-state index contributed by atoms with van der Waals surface area (Å²) >= 11 is 0. The van der Waals surface area contributed by atoms with Crippen molar-refractivity contribution in [1.82, 2.24) is 4.98 Å². The monoisotopic (exact) mass is 188 g/mol. The van der Waals surface area contributed by atoms with Crippen molar-refractivity contribution in [2.45, 2.75) is 24.9 Å². The fraction of sp³-hybridized carbons (Fsp3) is 0.400. The Morgan fingerprint density at radius 3 is 2.79 bits per heavy atom. The second-order valence-electron chi connectivity index (χ2n) is 3.62. The molecule has 0 atom stereocenters. The maximum atomic E-state index is 8.55. The van der Waals surface area contributed by atoms with Crippen LogP contribution in [-0.4, -0.2) is 17.1 Å². The number of nitrogens with one attached hydrogen (secondary N) is 1. The summed E-state index contributed by atoms with van der Waals surface area (Å²) in [5.74, 6) is 0. The van der Waals surface area contributed by atoms with Gasteiger partial charge in [0.25, 0.3) is 0 Å². The molecule has 1 fully saturated rings. The van der Waals surface area contributed by atoms with Crippen LogP contribution >= 0.6 is 0 Å². The molecule has 1 aliphatic rings. The molecule has 0 saturated heterocycles. The molecule has 0 aromatic carbocycles. The molecule has 4 heteroatoms. The minimum Gasteiger partial charge on any atom is -0.381 e. The van der Waals surface area contributed by atoms with Gasteiger partial charge in [0.15, 0.2) is 0 Å². The van der Waals surface area contributed by atoms with Crippen LogP contribution < -0.4 is 11.1 Å². The summed E-state index contributed by atoms with van der Waals surface area (Å²) in [6.07, 6.45) is 3.71. The lowest BCUT2D eigenvalue weighted by Crippen LogP contribution is -2.44. The van der Waals surface area contributed by atoms with E-state index in [-0.39, 0.29) is 0 Å². The van der Waals surface area contributed by atoms with Crippen molar-refractivity contribution in [3.8, 4) is 6.07 Å². The van der Waals surface area contributed by atoms with Gasteiger partial charge in [-0.3, -0.25) is 0 Å². The summed E-state index contributed by atoms with van der Waals surface area (Å²) in [5, 5.41) is 11.9. The predicted molar refractivity (Wildman–Crippen MR) is 53.6 cm³/mol. The molecule has 1 aromatic heterocycles. The van der Waals surface area contributed by atoms with Crippen molar-refractivity contribution in [3.05, 3.63) is 24.0 Å². The van der Waals surface area contributed by atoms with Gasteiger partial charge < -0.3 is 11.1 Å². The molecular weight excluding hydrogens is 176 g/mol. The molecule has 72 valence electrons. The smallest absolute Gasteiger partial charge is 0.140 e. The largest absolute Gasteiger partial charge is 0.381 e. The van der Waals surface area contributed by atoms with Gasteiger partial charge >= 0.3 is 0 Å². The lowest BCUT2D eigenvalue weighted by Gasteiger charge is -2.33. The summed E-state index contributed by atoms with van der Waals surface area (Å²) in [6.45, 7) is 0. The van der Waals surface area contributed by atoms with E-state index in [1.54, 1.807) is 12.3 Å². The average Bonchev–Trinajstić information content (AvgIpc) is 2.17. The Kier molecular flexibility index (Phi) is 2.33. The Labute approximate surface area is 82.8 Å². The normalized spacial score (nSPS) is 24.9. The highest BCUT2D eigenvalue weighted by Crippen LogP contribution is 2.21. The zero-order valence-electron chi connectivity index (χ0n) is 7.77. The van der Waals surface area contributed by atoms with Crippen LogP contribution in [0.25, 0.3) is 0 Å². The van der Waals surface area contributed by atoms with E-state index in [0.29, 0.717) is 17.8 Å². The minimum absolute atomic E-state index is 0.346. The highest BCUT2D eigenvalue weighted by atomic mass is 15.0. The van der Waals surface area contributed by atoms with E-state index in [1.807, 2.05) is 12.1 Å². The van der Waals surface area contributed by atoms with E-state index in [2.05, 4.69) is 10.3 Å². The lowest BCUT2D eigenvalue weighted by atomic mass is 9.87. The maximum Gasteiger partial charge on any atom is 0.140 e. The molecule has 1 saturated carbocycles. The number of anilines is 1. The van der Waals surface area contributed by atoms with Crippen LogP contribution in [0.3, 0.4) is 0 Å². The molecule has 1 heterocycles. The third-order valence-electron chi connectivity index (χ3n) is 2.42. The first-order chi connectivity index (χ1) is 6.78. The fourth-order valence-electron chi connectivity index (χ4n) is 1.56. The molecule has 0 unspecified atom stereocenters. The second-order valence-corrected chi connectivity index (χ2v) is 3.62. The molecule has 1 aromatic rings. The minimum atomic E-state index is 0.346. The van der Waals surface area contributed by atoms with E-state index in [1.165, 1.54) is 0 Å². The summed E-state index contributed by atoms with van der Waals surface area (Å²) in [5.41, 5.74) is 7.07. The highest BCUT2D eigenvalue weighted by molar-refractivity contribution is 5.44. The number of hydrogen-bond donors (Lipinski definition) is 2. The lowest BCUT2D eigenvalue weighted by molar-refractivity contribution is 0.373. The zero-order valence-corrected chi connectivity index (χ0v) is 7.77. The number of nitrogens with zero attached hydrogens (tertiary/aromatic N) is 2. The van der Waals surface area contributed by atoms with Gasteiger partial charge in [0.2, 0.25) is 0 Å².